The second kappa shape index (κ2) is 7.87. The normalized spacial score (nSPS) is 21.3. The number of anilines is 3. The van der Waals surface area contributed by atoms with Crippen LogP contribution in [-0.4, -0.2) is 34.4 Å². The van der Waals surface area contributed by atoms with E-state index in [-0.39, 0.29) is 29.8 Å². The standard InChI is InChI=1S/C20H22ClN5O3/c1-11-6-4-5-9-26(11)20-24-17-16(19(29)25-20)12(10-15(27)23-17)18(28)22-14-8-3-2-7-13(14)21/h2-3,7-8,11-12H,4-6,9-10H2,1H3,(H,22,28)(H2,23,24,25,27,29)/t11-,12-/m0/s1. The van der Waals surface area contributed by atoms with E-state index in [1.165, 1.54) is 0 Å². The molecule has 9 heteroatoms. The van der Waals surface area contributed by atoms with Crippen LogP contribution in [0.1, 0.15) is 44.1 Å². The number of piperidine rings is 1. The van der Waals surface area contributed by atoms with E-state index in [0.717, 1.165) is 25.8 Å². The smallest absolute Gasteiger partial charge is 0.258 e. The second-order valence-electron chi connectivity index (χ2n) is 7.46. The Labute approximate surface area is 172 Å². The van der Waals surface area contributed by atoms with Crippen molar-refractivity contribution in [2.75, 3.05) is 22.1 Å². The third-order valence-corrected chi connectivity index (χ3v) is 5.79. The molecule has 1 fully saturated rings. The molecular formula is C20H22ClN5O3. The lowest BCUT2D eigenvalue weighted by atomic mass is 9.92. The van der Waals surface area contributed by atoms with Crippen LogP contribution in [0.25, 0.3) is 0 Å². The molecule has 2 amide bonds. The van der Waals surface area contributed by atoms with Crippen molar-refractivity contribution in [1.82, 2.24) is 9.97 Å². The molecule has 1 saturated heterocycles. The Morgan fingerprint density at radius 2 is 2.07 bits per heavy atom. The quantitative estimate of drug-likeness (QED) is 0.714. The zero-order valence-electron chi connectivity index (χ0n) is 16.0. The number of amides is 2. The molecule has 3 heterocycles. The number of hydrogen-bond acceptors (Lipinski definition) is 5. The maximum absolute atomic E-state index is 12.9. The molecule has 152 valence electrons. The maximum Gasteiger partial charge on any atom is 0.258 e. The molecule has 1 aromatic carbocycles. The Hall–Kier alpha value is -2.87. The molecule has 0 radical (unpaired) electrons. The number of benzene rings is 1. The molecule has 2 aliphatic rings. The van der Waals surface area contributed by atoms with E-state index in [9.17, 15) is 14.4 Å². The first kappa shape index (κ1) is 19.4. The van der Waals surface area contributed by atoms with Crippen LogP contribution in [0.15, 0.2) is 29.1 Å². The molecule has 2 aliphatic heterocycles. The topological polar surface area (TPSA) is 107 Å². The maximum atomic E-state index is 12.9. The summed E-state index contributed by atoms with van der Waals surface area (Å²) >= 11 is 6.11. The summed E-state index contributed by atoms with van der Waals surface area (Å²) in [4.78, 5) is 47.3. The summed E-state index contributed by atoms with van der Waals surface area (Å²) in [5.41, 5.74) is 0.180. The highest BCUT2D eigenvalue weighted by molar-refractivity contribution is 6.33. The second-order valence-corrected chi connectivity index (χ2v) is 7.87. The predicted octanol–water partition coefficient (Wildman–Crippen LogP) is 2.87. The van der Waals surface area contributed by atoms with Gasteiger partial charge in [0.1, 0.15) is 5.82 Å². The summed E-state index contributed by atoms with van der Waals surface area (Å²) in [5, 5.41) is 5.74. The van der Waals surface area contributed by atoms with Crippen LogP contribution in [0.4, 0.5) is 17.5 Å². The number of hydrogen-bond donors (Lipinski definition) is 3. The number of aromatic amines is 1. The fourth-order valence-corrected chi connectivity index (χ4v) is 4.10. The van der Waals surface area contributed by atoms with Gasteiger partial charge in [-0.15, -0.1) is 0 Å². The van der Waals surface area contributed by atoms with Gasteiger partial charge >= 0.3 is 0 Å². The average molecular weight is 416 g/mol. The Morgan fingerprint density at radius 3 is 2.83 bits per heavy atom. The van der Waals surface area contributed by atoms with Crippen LogP contribution < -0.4 is 21.1 Å². The van der Waals surface area contributed by atoms with Gasteiger partial charge in [0.25, 0.3) is 5.56 Å². The number of nitrogens with zero attached hydrogens (tertiary/aromatic N) is 2. The Bertz CT molecular complexity index is 1020. The first-order valence-corrected chi connectivity index (χ1v) is 10.1. The van der Waals surface area contributed by atoms with E-state index in [1.807, 2.05) is 4.90 Å². The number of nitrogens with one attached hydrogen (secondary N) is 3. The molecule has 0 saturated carbocycles. The molecule has 1 aromatic heterocycles. The number of fused-ring (bicyclic) bond motifs is 1. The minimum absolute atomic E-state index is 0.131. The fourth-order valence-electron chi connectivity index (χ4n) is 3.91. The zero-order valence-corrected chi connectivity index (χ0v) is 16.8. The summed E-state index contributed by atoms with van der Waals surface area (Å²) in [6, 6.07) is 7.04. The van der Waals surface area contributed by atoms with Crippen molar-refractivity contribution < 1.29 is 9.59 Å². The van der Waals surface area contributed by atoms with Crippen molar-refractivity contribution in [2.24, 2.45) is 0 Å². The van der Waals surface area contributed by atoms with Gasteiger partial charge in [-0.25, -0.2) is 0 Å². The Balaban J connectivity index is 1.67. The van der Waals surface area contributed by atoms with Crippen molar-refractivity contribution in [3.8, 4) is 0 Å². The molecule has 2 aromatic rings. The van der Waals surface area contributed by atoms with Gasteiger partial charge in [0.05, 0.1) is 22.2 Å². The highest BCUT2D eigenvalue weighted by Gasteiger charge is 2.35. The van der Waals surface area contributed by atoms with Crippen LogP contribution in [0.3, 0.4) is 0 Å². The van der Waals surface area contributed by atoms with Crippen LogP contribution in [-0.2, 0) is 9.59 Å². The molecule has 0 spiro atoms. The monoisotopic (exact) mass is 415 g/mol. The number of halogens is 1. The minimum atomic E-state index is -0.945. The lowest BCUT2D eigenvalue weighted by Gasteiger charge is -2.34. The van der Waals surface area contributed by atoms with Crippen LogP contribution in [0.5, 0.6) is 0 Å². The molecule has 29 heavy (non-hydrogen) atoms. The van der Waals surface area contributed by atoms with Gasteiger partial charge in [-0.1, -0.05) is 23.7 Å². The van der Waals surface area contributed by atoms with Crippen LogP contribution in [0, 0.1) is 0 Å². The van der Waals surface area contributed by atoms with E-state index in [2.05, 4.69) is 27.5 Å². The highest BCUT2D eigenvalue weighted by atomic mass is 35.5. The Morgan fingerprint density at radius 1 is 1.28 bits per heavy atom. The summed E-state index contributed by atoms with van der Waals surface area (Å²) in [6.45, 7) is 2.87. The number of para-hydroxylation sites is 1. The SMILES string of the molecule is C[C@H]1CCCCN1c1nc2c(c(=O)[nH]1)[C@@H](C(=O)Nc1ccccc1Cl)CC(=O)N2. The van der Waals surface area contributed by atoms with Crippen molar-refractivity contribution in [3.05, 3.63) is 45.2 Å². The average Bonchev–Trinajstić information content (AvgIpc) is 2.69. The molecule has 0 unspecified atom stereocenters. The largest absolute Gasteiger partial charge is 0.340 e. The molecule has 0 aliphatic carbocycles. The molecule has 8 nitrogen and oxygen atoms in total. The number of aromatic nitrogens is 2. The molecule has 2 atom stereocenters. The minimum Gasteiger partial charge on any atom is -0.340 e. The summed E-state index contributed by atoms with van der Waals surface area (Å²) in [7, 11) is 0. The van der Waals surface area contributed by atoms with E-state index in [1.54, 1.807) is 24.3 Å². The van der Waals surface area contributed by atoms with Gasteiger partial charge in [0, 0.05) is 19.0 Å². The molecule has 4 rings (SSSR count). The zero-order chi connectivity index (χ0) is 20.5. The van der Waals surface area contributed by atoms with Gasteiger partial charge in [-0.3, -0.25) is 19.4 Å². The first-order valence-electron chi connectivity index (χ1n) is 9.70. The summed E-state index contributed by atoms with van der Waals surface area (Å²) in [6.07, 6.45) is 3.03. The number of carbonyl (C=O) groups is 2. The molecular weight excluding hydrogens is 394 g/mol. The third kappa shape index (κ3) is 3.85. The predicted molar refractivity (Wildman–Crippen MR) is 112 cm³/mol. The van der Waals surface area contributed by atoms with Gasteiger partial charge < -0.3 is 15.5 Å². The molecule has 0 bridgehead atoms. The summed E-state index contributed by atoms with van der Waals surface area (Å²) in [5.74, 6) is -1.20. The lowest BCUT2D eigenvalue weighted by molar-refractivity contribution is -0.123. The first-order chi connectivity index (χ1) is 13.9. The Kier molecular flexibility index (Phi) is 5.27. The number of H-pyrrole nitrogens is 1. The van der Waals surface area contributed by atoms with Crippen LogP contribution >= 0.6 is 11.6 Å². The van der Waals surface area contributed by atoms with Gasteiger partial charge in [-0.2, -0.15) is 4.98 Å². The number of carbonyl (C=O) groups excluding carboxylic acids is 2. The van der Waals surface area contributed by atoms with Crippen LogP contribution in [0.2, 0.25) is 5.02 Å². The van der Waals surface area contributed by atoms with E-state index in [0.29, 0.717) is 16.7 Å². The number of rotatable bonds is 3. The van der Waals surface area contributed by atoms with Crippen molar-refractivity contribution in [3.63, 3.8) is 0 Å². The summed E-state index contributed by atoms with van der Waals surface area (Å²) < 4.78 is 0. The van der Waals surface area contributed by atoms with Gasteiger partial charge in [0.2, 0.25) is 17.8 Å². The lowest BCUT2D eigenvalue weighted by Crippen LogP contribution is -2.42. The fraction of sp³-hybridized carbons (Fsp3) is 0.400. The van der Waals surface area contributed by atoms with E-state index < -0.39 is 17.4 Å². The van der Waals surface area contributed by atoms with E-state index in [4.69, 9.17) is 11.6 Å². The third-order valence-electron chi connectivity index (χ3n) is 5.46. The van der Waals surface area contributed by atoms with E-state index >= 15 is 0 Å². The van der Waals surface area contributed by atoms with Crippen molar-refractivity contribution in [1.29, 1.82) is 0 Å². The van der Waals surface area contributed by atoms with Gasteiger partial charge in [0.15, 0.2) is 0 Å². The van der Waals surface area contributed by atoms with Crippen molar-refractivity contribution in [2.45, 2.75) is 44.6 Å². The highest BCUT2D eigenvalue weighted by Crippen LogP contribution is 2.32. The van der Waals surface area contributed by atoms with Crippen molar-refractivity contribution >= 4 is 40.9 Å². The van der Waals surface area contributed by atoms with Gasteiger partial charge in [-0.05, 0) is 38.3 Å². The molecule has 3 N–H and O–H groups in total.